The van der Waals surface area contributed by atoms with E-state index in [0.717, 1.165) is 25.2 Å². The summed E-state index contributed by atoms with van der Waals surface area (Å²) in [5.41, 5.74) is 2.31. The van der Waals surface area contributed by atoms with Crippen molar-refractivity contribution >= 4 is 24.0 Å². The molecule has 0 spiro atoms. The molecule has 7 heteroatoms. The Kier molecular flexibility index (Phi) is 4.25. The predicted molar refractivity (Wildman–Crippen MR) is 78.5 cm³/mol. The van der Waals surface area contributed by atoms with Crippen LogP contribution in [0.1, 0.15) is 28.4 Å². The van der Waals surface area contributed by atoms with Gasteiger partial charge in [-0.25, -0.2) is 9.50 Å². The van der Waals surface area contributed by atoms with Gasteiger partial charge in [-0.3, -0.25) is 4.79 Å². The highest BCUT2D eigenvalue weighted by molar-refractivity contribution is 5.99. The van der Waals surface area contributed by atoms with Crippen LogP contribution >= 0.6 is 12.4 Å². The molecule has 0 radical (unpaired) electrons. The fourth-order valence-electron chi connectivity index (χ4n) is 2.52. The van der Waals surface area contributed by atoms with Gasteiger partial charge in [0.1, 0.15) is 5.56 Å². The fraction of sp³-hybridized carbons (Fsp3) is 0.462. The SMILES string of the molecule is CN(C)C(=O)c1cnn2c(C3CCNC3)ccnc12.Cl. The lowest BCUT2D eigenvalue weighted by atomic mass is 10.0. The molecule has 1 N–H and O–H groups in total. The van der Waals surface area contributed by atoms with Crippen LogP contribution in [0.2, 0.25) is 0 Å². The number of carbonyl (C=O) groups excluding carboxylic acids is 1. The summed E-state index contributed by atoms with van der Waals surface area (Å²) in [6.45, 7) is 1.98. The average molecular weight is 296 g/mol. The molecule has 1 amide bonds. The van der Waals surface area contributed by atoms with E-state index in [-0.39, 0.29) is 18.3 Å². The maximum Gasteiger partial charge on any atom is 0.258 e. The van der Waals surface area contributed by atoms with Crippen molar-refractivity contribution in [1.82, 2.24) is 24.8 Å². The van der Waals surface area contributed by atoms with Crippen LogP contribution < -0.4 is 5.32 Å². The summed E-state index contributed by atoms with van der Waals surface area (Å²) < 4.78 is 1.80. The summed E-state index contributed by atoms with van der Waals surface area (Å²) in [4.78, 5) is 17.9. The lowest BCUT2D eigenvalue weighted by Gasteiger charge is -2.11. The molecule has 2 aromatic rings. The lowest BCUT2D eigenvalue weighted by molar-refractivity contribution is 0.0829. The molecule has 0 aliphatic carbocycles. The van der Waals surface area contributed by atoms with Crippen molar-refractivity contribution in [1.29, 1.82) is 0 Å². The van der Waals surface area contributed by atoms with Crippen molar-refractivity contribution in [2.45, 2.75) is 12.3 Å². The summed E-state index contributed by atoms with van der Waals surface area (Å²) in [5, 5.41) is 7.69. The molecule has 1 aliphatic heterocycles. The van der Waals surface area contributed by atoms with E-state index in [1.165, 1.54) is 0 Å². The molecule has 1 fully saturated rings. The molecule has 108 valence electrons. The van der Waals surface area contributed by atoms with E-state index >= 15 is 0 Å². The number of hydrogen-bond acceptors (Lipinski definition) is 4. The highest BCUT2D eigenvalue weighted by atomic mass is 35.5. The Morgan fingerprint density at radius 2 is 2.30 bits per heavy atom. The van der Waals surface area contributed by atoms with E-state index in [0.29, 0.717) is 17.1 Å². The minimum Gasteiger partial charge on any atom is -0.345 e. The van der Waals surface area contributed by atoms with Gasteiger partial charge < -0.3 is 10.2 Å². The molecule has 1 unspecified atom stereocenters. The number of carbonyl (C=O) groups is 1. The molecule has 6 nitrogen and oxygen atoms in total. The number of nitrogens with one attached hydrogen (secondary N) is 1. The molecular weight excluding hydrogens is 278 g/mol. The Morgan fingerprint density at radius 1 is 1.50 bits per heavy atom. The standard InChI is InChI=1S/C13H17N5O.ClH/c1-17(2)13(19)10-8-16-18-11(4-6-15-12(10)18)9-3-5-14-7-9;/h4,6,8-9,14H,3,5,7H2,1-2H3;1H. The number of halogens is 1. The lowest BCUT2D eigenvalue weighted by Crippen LogP contribution is -2.21. The molecule has 20 heavy (non-hydrogen) atoms. The summed E-state index contributed by atoms with van der Waals surface area (Å²) in [5.74, 6) is 0.372. The van der Waals surface area contributed by atoms with Gasteiger partial charge in [0.15, 0.2) is 5.65 Å². The summed E-state index contributed by atoms with van der Waals surface area (Å²) in [7, 11) is 3.47. The second-order valence-electron chi connectivity index (χ2n) is 5.05. The predicted octanol–water partition coefficient (Wildman–Crippen LogP) is 0.930. The Labute approximate surface area is 123 Å². The first-order valence-corrected chi connectivity index (χ1v) is 6.43. The van der Waals surface area contributed by atoms with Gasteiger partial charge in [-0.15, -0.1) is 12.4 Å². The molecule has 1 saturated heterocycles. The highest BCUT2D eigenvalue weighted by Gasteiger charge is 2.22. The van der Waals surface area contributed by atoms with Gasteiger partial charge in [0.2, 0.25) is 0 Å². The maximum absolute atomic E-state index is 12.1. The largest absolute Gasteiger partial charge is 0.345 e. The van der Waals surface area contributed by atoms with Gasteiger partial charge in [0, 0.05) is 32.8 Å². The zero-order valence-electron chi connectivity index (χ0n) is 11.5. The molecule has 2 aromatic heterocycles. The van der Waals surface area contributed by atoms with Crippen LogP contribution in [0.5, 0.6) is 0 Å². The minimum atomic E-state index is -0.0656. The van der Waals surface area contributed by atoms with E-state index < -0.39 is 0 Å². The van der Waals surface area contributed by atoms with Crippen molar-refractivity contribution in [3.05, 3.63) is 29.7 Å². The van der Waals surface area contributed by atoms with E-state index in [4.69, 9.17) is 0 Å². The molecule has 1 aliphatic rings. The third-order valence-electron chi connectivity index (χ3n) is 3.55. The molecule has 0 bridgehead atoms. The number of fused-ring (bicyclic) bond motifs is 1. The minimum absolute atomic E-state index is 0. The van der Waals surface area contributed by atoms with Crippen LogP contribution in [0, 0.1) is 0 Å². The average Bonchev–Trinajstić information content (AvgIpc) is 3.06. The Balaban J connectivity index is 0.00000147. The first kappa shape index (κ1) is 14.7. The summed E-state index contributed by atoms with van der Waals surface area (Å²) in [6, 6.07) is 1.99. The van der Waals surface area contributed by atoms with Gasteiger partial charge in [-0.05, 0) is 19.0 Å². The van der Waals surface area contributed by atoms with Gasteiger partial charge in [0.05, 0.1) is 11.9 Å². The van der Waals surface area contributed by atoms with Gasteiger partial charge >= 0.3 is 0 Å². The third kappa shape index (κ3) is 2.36. The number of hydrogen-bond donors (Lipinski definition) is 1. The maximum atomic E-state index is 12.1. The van der Waals surface area contributed by atoms with Crippen molar-refractivity contribution < 1.29 is 4.79 Å². The summed E-state index contributed by atoms with van der Waals surface area (Å²) >= 11 is 0. The molecule has 0 saturated carbocycles. The number of aromatic nitrogens is 3. The van der Waals surface area contributed by atoms with Gasteiger partial charge in [-0.1, -0.05) is 0 Å². The van der Waals surface area contributed by atoms with Gasteiger partial charge in [-0.2, -0.15) is 5.10 Å². The Bertz CT molecular complexity index is 618. The highest BCUT2D eigenvalue weighted by Crippen LogP contribution is 2.23. The van der Waals surface area contributed by atoms with Crippen molar-refractivity contribution in [2.24, 2.45) is 0 Å². The van der Waals surface area contributed by atoms with Crippen LogP contribution in [0.4, 0.5) is 0 Å². The molecular formula is C13H18ClN5O. The number of nitrogens with zero attached hydrogens (tertiary/aromatic N) is 4. The first-order chi connectivity index (χ1) is 9.18. The third-order valence-corrected chi connectivity index (χ3v) is 3.55. The van der Waals surface area contributed by atoms with E-state index in [9.17, 15) is 4.79 Å². The van der Waals surface area contributed by atoms with Gasteiger partial charge in [0.25, 0.3) is 5.91 Å². The Hall–Kier alpha value is -1.66. The summed E-state index contributed by atoms with van der Waals surface area (Å²) in [6.07, 6.45) is 4.46. The number of amides is 1. The smallest absolute Gasteiger partial charge is 0.258 e. The van der Waals surface area contributed by atoms with Crippen LogP contribution in [-0.4, -0.2) is 52.6 Å². The molecule has 3 rings (SSSR count). The van der Waals surface area contributed by atoms with E-state index in [2.05, 4.69) is 15.4 Å². The van der Waals surface area contributed by atoms with Crippen LogP contribution in [0.25, 0.3) is 5.65 Å². The number of rotatable bonds is 2. The van der Waals surface area contributed by atoms with Crippen molar-refractivity contribution in [2.75, 3.05) is 27.2 Å². The molecule has 0 aromatic carbocycles. The van der Waals surface area contributed by atoms with Crippen molar-refractivity contribution in [3.8, 4) is 0 Å². The topological polar surface area (TPSA) is 62.5 Å². The van der Waals surface area contributed by atoms with Crippen LogP contribution in [0.3, 0.4) is 0 Å². The molecule has 1 atom stereocenters. The second-order valence-corrected chi connectivity index (χ2v) is 5.05. The van der Waals surface area contributed by atoms with Crippen molar-refractivity contribution in [3.63, 3.8) is 0 Å². The van der Waals surface area contributed by atoms with Crippen LogP contribution in [0.15, 0.2) is 18.5 Å². The molecule has 3 heterocycles. The zero-order chi connectivity index (χ0) is 13.4. The Morgan fingerprint density at radius 3 is 2.95 bits per heavy atom. The normalized spacial score (nSPS) is 18.0. The van der Waals surface area contributed by atoms with E-state index in [1.807, 2.05) is 6.07 Å². The second kappa shape index (κ2) is 5.76. The fourth-order valence-corrected chi connectivity index (χ4v) is 2.52. The van der Waals surface area contributed by atoms with Crippen LogP contribution in [-0.2, 0) is 0 Å². The van der Waals surface area contributed by atoms with E-state index in [1.54, 1.807) is 35.9 Å². The first-order valence-electron chi connectivity index (χ1n) is 6.43. The zero-order valence-corrected chi connectivity index (χ0v) is 12.4. The quantitative estimate of drug-likeness (QED) is 0.895. The monoisotopic (exact) mass is 295 g/mol.